The molecule has 2 aromatic rings. The van der Waals surface area contributed by atoms with Crippen LogP contribution in [0.1, 0.15) is 23.6 Å². The van der Waals surface area contributed by atoms with Crippen LogP contribution in [-0.4, -0.2) is 8.42 Å². The fraction of sp³-hybridized carbons (Fsp3) is 0.250. The van der Waals surface area contributed by atoms with E-state index in [4.69, 9.17) is 5.73 Å². The Morgan fingerprint density at radius 2 is 1.81 bits per heavy atom. The van der Waals surface area contributed by atoms with Gasteiger partial charge in [-0.1, -0.05) is 31.2 Å². The highest BCUT2D eigenvalue weighted by atomic mass is 32.2. The molecule has 0 unspecified atom stereocenters. The number of hydrogen-bond acceptors (Lipinski definition) is 3. The van der Waals surface area contributed by atoms with Gasteiger partial charge < -0.3 is 5.73 Å². The molecule has 5 heteroatoms. The minimum Gasteiger partial charge on any atom is -0.326 e. The van der Waals surface area contributed by atoms with Crippen molar-refractivity contribution in [3.8, 4) is 0 Å². The van der Waals surface area contributed by atoms with Crippen molar-refractivity contribution in [3.05, 3.63) is 59.2 Å². The Bertz CT molecular complexity index is 740. The standard InChI is InChI=1S/C16H20N2O2S/c1-3-13-6-4-5-7-16(13)18-21(19,20)15-9-8-12(2)14(10-15)11-17/h4-10,18H,3,11,17H2,1-2H3. The number of nitrogens with one attached hydrogen (secondary N) is 1. The van der Waals surface area contributed by atoms with Gasteiger partial charge in [-0.05, 0) is 48.2 Å². The number of para-hydroxylation sites is 1. The number of rotatable bonds is 5. The Morgan fingerprint density at radius 3 is 2.48 bits per heavy atom. The van der Waals surface area contributed by atoms with Gasteiger partial charge in [0.2, 0.25) is 0 Å². The number of benzene rings is 2. The fourth-order valence-electron chi connectivity index (χ4n) is 2.17. The summed E-state index contributed by atoms with van der Waals surface area (Å²) >= 11 is 0. The summed E-state index contributed by atoms with van der Waals surface area (Å²) in [5.74, 6) is 0. The quantitative estimate of drug-likeness (QED) is 0.892. The van der Waals surface area contributed by atoms with Gasteiger partial charge in [0.1, 0.15) is 0 Å². The van der Waals surface area contributed by atoms with Crippen LogP contribution in [0.3, 0.4) is 0 Å². The van der Waals surface area contributed by atoms with Crippen LogP contribution in [0.4, 0.5) is 5.69 Å². The highest BCUT2D eigenvalue weighted by Crippen LogP contribution is 2.22. The highest BCUT2D eigenvalue weighted by molar-refractivity contribution is 7.92. The Hall–Kier alpha value is -1.85. The number of anilines is 1. The SMILES string of the molecule is CCc1ccccc1NS(=O)(=O)c1ccc(C)c(CN)c1. The molecule has 0 spiro atoms. The number of aryl methyl sites for hydroxylation is 2. The second-order valence-corrected chi connectivity index (χ2v) is 6.59. The second-order valence-electron chi connectivity index (χ2n) is 4.91. The lowest BCUT2D eigenvalue weighted by Gasteiger charge is -2.13. The van der Waals surface area contributed by atoms with Gasteiger partial charge in [-0.25, -0.2) is 8.42 Å². The molecule has 0 bridgehead atoms. The zero-order valence-electron chi connectivity index (χ0n) is 12.3. The lowest BCUT2D eigenvalue weighted by molar-refractivity contribution is 0.601. The van der Waals surface area contributed by atoms with Gasteiger partial charge in [0.25, 0.3) is 10.0 Å². The molecule has 21 heavy (non-hydrogen) atoms. The average Bonchev–Trinajstić information content (AvgIpc) is 2.47. The third-order valence-corrected chi connectivity index (χ3v) is 4.86. The summed E-state index contributed by atoms with van der Waals surface area (Å²) in [4.78, 5) is 0.236. The molecule has 0 aliphatic carbocycles. The van der Waals surface area contributed by atoms with Gasteiger partial charge in [0, 0.05) is 6.54 Å². The van der Waals surface area contributed by atoms with E-state index >= 15 is 0 Å². The molecule has 0 saturated heterocycles. The minimum atomic E-state index is -3.60. The van der Waals surface area contributed by atoms with E-state index in [0.717, 1.165) is 23.1 Å². The van der Waals surface area contributed by atoms with Crippen LogP contribution >= 0.6 is 0 Å². The van der Waals surface area contributed by atoms with E-state index in [0.29, 0.717) is 12.2 Å². The molecule has 0 atom stereocenters. The molecule has 0 radical (unpaired) electrons. The van der Waals surface area contributed by atoms with Crippen LogP contribution in [0.25, 0.3) is 0 Å². The zero-order valence-corrected chi connectivity index (χ0v) is 13.1. The van der Waals surface area contributed by atoms with Crippen molar-refractivity contribution in [1.82, 2.24) is 0 Å². The molecule has 3 N–H and O–H groups in total. The van der Waals surface area contributed by atoms with E-state index in [1.807, 2.05) is 32.0 Å². The van der Waals surface area contributed by atoms with E-state index in [1.54, 1.807) is 24.3 Å². The Balaban J connectivity index is 2.38. The molecular formula is C16H20N2O2S. The average molecular weight is 304 g/mol. The summed E-state index contributed by atoms with van der Waals surface area (Å²) in [6.07, 6.45) is 0.765. The third kappa shape index (κ3) is 3.43. The molecule has 0 aromatic heterocycles. The van der Waals surface area contributed by atoms with Gasteiger partial charge >= 0.3 is 0 Å². The first kappa shape index (κ1) is 15.5. The molecule has 2 rings (SSSR count). The monoisotopic (exact) mass is 304 g/mol. The molecule has 0 fully saturated rings. The molecule has 0 aliphatic rings. The Morgan fingerprint density at radius 1 is 1.10 bits per heavy atom. The summed E-state index contributed by atoms with van der Waals surface area (Å²) in [7, 11) is -3.60. The molecule has 112 valence electrons. The second kappa shape index (κ2) is 6.28. The van der Waals surface area contributed by atoms with Crippen molar-refractivity contribution in [2.75, 3.05) is 4.72 Å². The minimum absolute atomic E-state index is 0.236. The smallest absolute Gasteiger partial charge is 0.261 e. The Labute approximate surface area is 126 Å². The summed E-state index contributed by atoms with van der Waals surface area (Å²) < 4.78 is 27.7. The first-order chi connectivity index (χ1) is 9.97. The van der Waals surface area contributed by atoms with E-state index in [2.05, 4.69) is 4.72 Å². The van der Waals surface area contributed by atoms with Crippen molar-refractivity contribution in [1.29, 1.82) is 0 Å². The van der Waals surface area contributed by atoms with E-state index in [-0.39, 0.29) is 4.90 Å². The fourth-order valence-corrected chi connectivity index (χ4v) is 3.32. The van der Waals surface area contributed by atoms with Gasteiger partial charge in [0.15, 0.2) is 0 Å². The van der Waals surface area contributed by atoms with Gasteiger partial charge in [-0.15, -0.1) is 0 Å². The number of hydrogen-bond donors (Lipinski definition) is 2. The predicted octanol–water partition coefficient (Wildman–Crippen LogP) is 2.82. The van der Waals surface area contributed by atoms with Crippen molar-refractivity contribution < 1.29 is 8.42 Å². The van der Waals surface area contributed by atoms with Gasteiger partial charge in [-0.2, -0.15) is 0 Å². The molecule has 2 aromatic carbocycles. The third-order valence-electron chi connectivity index (χ3n) is 3.49. The van der Waals surface area contributed by atoms with E-state index in [1.165, 1.54) is 0 Å². The summed E-state index contributed by atoms with van der Waals surface area (Å²) in [5, 5.41) is 0. The van der Waals surface area contributed by atoms with Crippen LogP contribution < -0.4 is 10.5 Å². The van der Waals surface area contributed by atoms with Gasteiger partial charge in [0.05, 0.1) is 10.6 Å². The number of nitrogens with two attached hydrogens (primary N) is 1. The topological polar surface area (TPSA) is 72.2 Å². The normalized spacial score (nSPS) is 11.4. The van der Waals surface area contributed by atoms with Gasteiger partial charge in [-0.3, -0.25) is 4.72 Å². The van der Waals surface area contributed by atoms with Crippen LogP contribution in [0.15, 0.2) is 47.4 Å². The van der Waals surface area contributed by atoms with Crippen LogP contribution in [0.2, 0.25) is 0 Å². The molecule has 4 nitrogen and oxygen atoms in total. The largest absolute Gasteiger partial charge is 0.326 e. The van der Waals surface area contributed by atoms with Crippen molar-refractivity contribution in [2.24, 2.45) is 5.73 Å². The number of sulfonamides is 1. The maximum Gasteiger partial charge on any atom is 0.261 e. The van der Waals surface area contributed by atoms with E-state index in [9.17, 15) is 8.42 Å². The summed E-state index contributed by atoms with van der Waals surface area (Å²) in [5.41, 5.74) is 9.06. The first-order valence-electron chi connectivity index (χ1n) is 6.88. The van der Waals surface area contributed by atoms with E-state index < -0.39 is 10.0 Å². The van der Waals surface area contributed by atoms with Crippen LogP contribution in [0.5, 0.6) is 0 Å². The lowest BCUT2D eigenvalue weighted by atomic mass is 10.1. The molecular weight excluding hydrogens is 284 g/mol. The summed E-state index contributed by atoms with van der Waals surface area (Å²) in [6.45, 7) is 4.23. The molecule has 0 aliphatic heterocycles. The van der Waals surface area contributed by atoms with Crippen molar-refractivity contribution >= 4 is 15.7 Å². The first-order valence-corrected chi connectivity index (χ1v) is 8.36. The summed E-state index contributed by atoms with van der Waals surface area (Å²) in [6, 6.07) is 12.4. The predicted molar refractivity (Wildman–Crippen MR) is 85.7 cm³/mol. The van der Waals surface area contributed by atoms with Crippen LogP contribution in [-0.2, 0) is 23.0 Å². The maximum atomic E-state index is 12.5. The molecule has 0 saturated carbocycles. The zero-order chi connectivity index (χ0) is 15.5. The Kier molecular flexibility index (Phi) is 4.65. The molecule has 0 amide bonds. The van der Waals surface area contributed by atoms with Crippen LogP contribution in [0, 0.1) is 6.92 Å². The lowest BCUT2D eigenvalue weighted by Crippen LogP contribution is -2.15. The maximum absolute atomic E-state index is 12.5. The van der Waals surface area contributed by atoms with Crippen molar-refractivity contribution in [3.63, 3.8) is 0 Å². The molecule has 0 heterocycles. The highest BCUT2D eigenvalue weighted by Gasteiger charge is 2.16. The van der Waals surface area contributed by atoms with Crippen molar-refractivity contribution in [2.45, 2.75) is 31.7 Å².